The molecule has 5 rings (SSSR count). The van der Waals surface area contributed by atoms with Gasteiger partial charge in [0.25, 0.3) is 0 Å². The highest BCUT2D eigenvalue weighted by Crippen LogP contribution is 2.48. The molecule has 2 atom stereocenters. The molecule has 0 bridgehead atoms. The molecule has 4 fully saturated rings. The van der Waals surface area contributed by atoms with Crippen LogP contribution in [-0.4, -0.2) is 78.4 Å². The quantitative estimate of drug-likeness (QED) is 0.483. The number of rotatable bonds is 6. The maximum atomic E-state index is 14.7. The third-order valence-electron chi connectivity index (χ3n) is 8.65. The summed E-state index contributed by atoms with van der Waals surface area (Å²) < 4.78 is 17.3. The van der Waals surface area contributed by atoms with Gasteiger partial charge in [-0.05, 0) is 82.0 Å². The third-order valence-corrected chi connectivity index (χ3v) is 10.1. The fraction of sp³-hybridized carbons (Fsp3) is 0.692. The summed E-state index contributed by atoms with van der Waals surface area (Å²) in [4.78, 5) is 27.3. The lowest BCUT2D eigenvalue weighted by atomic mass is 9.85. The van der Waals surface area contributed by atoms with E-state index in [-0.39, 0.29) is 16.5 Å². The van der Waals surface area contributed by atoms with Crippen molar-refractivity contribution in [1.82, 2.24) is 9.21 Å². The summed E-state index contributed by atoms with van der Waals surface area (Å²) >= 11 is 2.07. The van der Waals surface area contributed by atoms with Gasteiger partial charge < -0.3 is 15.5 Å². The summed E-state index contributed by atoms with van der Waals surface area (Å²) in [7, 11) is 0. The zero-order valence-electron chi connectivity index (χ0n) is 20.0. The minimum absolute atomic E-state index is 0.122. The van der Waals surface area contributed by atoms with E-state index in [1.807, 2.05) is 0 Å². The molecule has 1 saturated carbocycles. The molecule has 1 aliphatic carbocycles. The Morgan fingerprint density at radius 1 is 0.941 bits per heavy atom. The van der Waals surface area contributed by atoms with Crippen LogP contribution in [0.4, 0.5) is 10.1 Å². The molecule has 3 saturated heterocycles. The maximum absolute atomic E-state index is 14.7. The van der Waals surface area contributed by atoms with Gasteiger partial charge in [-0.15, -0.1) is 0 Å². The molecule has 0 amide bonds. The van der Waals surface area contributed by atoms with Crippen LogP contribution in [0.2, 0.25) is 0 Å². The van der Waals surface area contributed by atoms with E-state index >= 15 is 0 Å². The largest absolute Gasteiger partial charge is 0.369 e. The molecule has 3 aliphatic heterocycles. The van der Waals surface area contributed by atoms with Gasteiger partial charge in [-0.2, -0.15) is 0 Å². The van der Waals surface area contributed by atoms with E-state index in [1.54, 1.807) is 6.07 Å². The number of aldehydes is 2. The maximum Gasteiger partial charge on any atom is 0.150 e. The number of carbonyl (C=O) groups excluding carboxylic acids is 2. The predicted octanol–water partition coefficient (Wildman–Crippen LogP) is 3.74. The van der Waals surface area contributed by atoms with Crippen molar-refractivity contribution in [3.05, 3.63) is 29.1 Å². The molecule has 2 N–H and O–H groups in total. The van der Waals surface area contributed by atoms with Crippen molar-refractivity contribution in [2.75, 3.05) is 44.2 Å². The highest BCUT2D eigenvalue weighted by Gasteiger charge is 2.46. The van der Waals surface area contributed by atoms with Gasteiger partial charge in [0.2, 0.25) is 0 Å². The van der Waals surface area contributed by atoms with Crippen LogP contribution >= 0.6 is 11.9 Å². The average molecular weight is 489 g/mol. The molecule has 1 aromatic rings. The highest BCUT2D eigenvalue weighted by atomic mass is 32.2. The molecular formula is C26H37FN4O2S. The predicted molar refractivity (Wildman–Crippen MR) is 135 cm³/mol. The van der Waals surface area contributed by atoms with Crippen molar-refractivity contribution in [2.24, 2.45) is 11.1 Å². The van der Waals surface area contributed by atoms with Crippen LogP contribution in [0, 0.1) is 11.2 Å². The van der Waals surface area contributed by atoms with Crippen LogP contribution in [0.15, 0.2) is 12.1 Å². The number of piperidine rings is 2. The lowest BCUT2D eigenvalue weighted by Gasteiger charge is -2.39. The number of carbonyl (C=O) groups is 2. The number of likely N-dealkylation sites (tertiary alicyclic amines) is 1. The Kier molecular flexibility index (Phi) is 7.30. The van der Waals surface area contributed by atoms with Crippen molar-refractivity contribution in [3.63, 3.8) is 0 Å². The molecule has 0 radical (unpaired) electrons. The van der Waals surface area contributed by atoms with Gasteiger partial charge in [-0.3, -0.25) is 13.9 Å². The number of nitrogens with zero attached hydrogens (tertiary/aromatic N) is 3. The molecule has 34 heavy (non-hydrogen) atoms. The van der Waals surface area contributed by atoms with Crippen molar-refractivity contribution in [1.29, 1.82) is 0 Å². The van der Waals surface area contributed by atoms with Gasteiger partial charge in [0.1, 0.15) is 5.82 Å². The number of anilines is 1. The van der Waals surface area contributed by atoms with Gasteiger partial charge in [0.15, 0.2) is 12.6 Å². The number of hydrogen-bond donors (Lipinski definition) is 1. The van der Waals surface area contributed by atoms with Gasteiger partial charge >= 0.3 is 0 Å². The molecule has 0 aromatic heterocycles. The molecule has 186 valence electrons. The van der Waals surface area contributed by atoms with Crippen molar-refractivity contribution in [2.45, 2.75) is 68.7 Å². The summed E-state index contributed by atoms with van der Waals surface area (Å²) in [6.07, 6.45) is 10.6. The van der Waals surface area contributed by atoms with Crippen LogP contribution in [-0.2, 0) is 0 Å². The van der Waals surface area contributed by atoms with Crippen molar-refractivity contribution in [3.8, 4) is 0 Å². The first kappa shape index (κ1) is 24.2. The highest BCUT2D eigenvalue weighted by molar-refractivity contribution is 7.97. The molecule has 3 heterocycles. The van der Waals surface area contributed by atoms with Crippen LogP contribution < -0.4 is 10.6 Å². The number of halogens is 1. The fourth-order valence-corrected chi connectivity index (χ4v) is 7.84. The van der Waals surface area contributed by atoms with E-state index in [4.69, 9.17) is 5.73 Å². The number of hydrogen-bond acceptors (Lipinski definition) is 7. The van der Waals surface area contributed by atoms with Crippen LogP contribution in [0.1, 0.15) is 72.1 Å². The Bertz CT molecular complexity index is 901. The second-order valence-corrected chi connectivity index (χ2v) is 12.2. The Morgan fingerprint density at radius 2 is 1.65 bits per heavy atom. The number of benzene rings is 1. The van der Waals surface area contributed by atoms with Crippen LogP contribution in [0.5, 0.6) is 0 Å². The molecule has 6 nitrogen and oxygen atoms in total. The van der Waals surface area contributed by atoms with E-state index in [1.165, 1.54) is 51.3 Å². The van der Waals surface area contributed by atoms with E-state index in [2.05, 4.69) is 26.1 Å². The third kappa shape index (κ3) is 5.06. The van der Waals surface area contributed by atoms with E-state index in [0.717, 1.165) is 50.7 Å². The minimum atomic E-state index is -0.408. The number of nitrogens with two attached hydrogens (primary N) is 1. The standard InChI is InChI=1S/C26H37FN4O2S/c27-24-13-19(16-32)20(17-33)14-25(24)30-12-7-26(18-30)6-1-22(15-26)29-8-4-23(5-9-29)34-31-10-2-21(28)3-11-31/h13-14,16-17,21-23H,1-12,15,18,28H2. The molecule has 1 spiro atoms. The van der Waals surface area contributed by atoms with E-state index < -0.39 is 5.82 Å². The second kappa shape index (κ2) is 10.2. The molecule has 2 unspecified atom stereocenters. The van der Waals surface area contributed by atoms with Crippen LogP contribution in [0.3, 0.4) is 0 Å². The first-order valence-corrected chi connectivity index (χ1v) is 13.7. The topological polar surface area (TPSA) is 69.9 Å². The smallest absolute Gasteiger partial charge is 0.150 e. The van der Waals surface area contributed by atoms with Gasteiger partial charge in [-0.1, -0.05) is 11.9 Å². The molecular weight excluding hydrogens is 451 g/mol. The minimum Gasteiger partial charge on any atom is -0.369 e. The zero-order chi connectivity index (χ0) is 23.7. The summed E-state index contributed by atoms with van der Waals surface area (Å²) in [6, 6.07) is 3.77. The summed E-state index contributed by atoms with van der Waals surface area (Å²) in [6.45, 7) is 6.25. The summed E-state index contributed by atoms with van der Waals surface area (Å²) in [5.41, 5.74) is 7.14. The Hall–Kier alpha value is -1.48. The Labute approximate surface area is 206 Å². The van der Waals surface area contributed by atoms with Crippen LogP contribution in [0.25, 0.3) is 0 Å². The monoisotopic (exact) mass is 488 g/mol. The fourth-order valence-electron chi connectivity index (χ4n) is 6.58. The zero-order valence-corrected chi connectivity index (χ0v) is 20.8. The molecule has 4 aliphatic rings. The summed E-state index contributed by atoms with van der Waals surface area (Å²) in [5.74, 6) is -0.408. The molecule has 8 heteroatoms. The summed E-state index contributed by atoms with van der Waals surface area (Å²) in [5, 5.41) is 0.729. The lowest BCUT2D eigenvalue weighted by molar-refractivity contribution is 0.109. The van der Waals surface area contributed by atoms with Gasteiger partial charge in [0, 0.05) is 54.6 Å². The Balaban J connectivity index is 1.14. The Morgan fingerprint density at radius 3 is 2.35 bits per heavy atom. The average Bonchev–Trinajstić information content (AvgIpc) is 3.47. The molecule has 1 aromatic carbocycles. The van der Waals surface area contributed by atoms with Gasteiger partial charge in [-0.25, -0.2) is 4.39 Å². The first-order chi connectivity index (χ1) is 16.5. The lowest BCUT2D eigenvalue weighted by Crippen LogP contribution is -2.43. The SMILES string of the molecule is NC1CCN(SC2CCN(C3CCC4(CCN(c5cc(C=O)c(C=O)cc5F)C4)C3)CC2)CC1. The normalized spacial score (nSPS) is 29.8. The second-order valence-electron chi connectivity index (χ2n) is 10.8. The van der Waals surface area contributed by atoms with E-state index in [0.29, 0.717) is 30.3 Å². The first-order valence-electron chi connectivity index (χ1n) is 12.9. The van der Waals surface area contributed by atoms with Gasteiger partial charge in [0.05, 0.1) is 5.69 Å². The van der Waals surface area contributed by atoms with Crippen molar-refractivity contribution >= 4 is 30.2 Å². The van der Waals surface area contributed by atoms with Crippen molar-refractivity contribution < 1.29 is 14.0 Å². The van der Waals surface area contributed by atoms with E-state index in [9.17, 15) is 14.0 Å².